The molecule has 4 aromatic rings. The molecule has 0 unspecified atom stereocenters. The van der Waals surface area contributed by atoms with Crippen molar-refractivity contribution < 1.29 is 14.3 Å². The van der Waals surface area contributed by atoms with Crippen LogP contribution < -0.4 is 14.8 Å². The van der Waals surface area contributed by atoms with Crippen LogP contribution in [0, 0.1) is 0 Å². The van der Waals surface area contributed by atoms with E-state index in [0.717, 1.165) is 17.0 Å². The summed E-state index contributed by atoms with van der Waals surface area (Å²) in [6.45, 7) is 0.223. The number of benzene rings is 1. The third-order valence-electron chi connectivity index (χ3n) is 3.91. The van der Waals surface area contributed by atoms with E-state index in [-0.39, 0.29) is 18.5 Å². The molecule has 1 amide bonds. The molecule has 0 bridgehead atoms. The SMILES string of the molecule is O=C(CSc1nnc2ccc(-c3ccc4c(c3)OCO4)nn12)Nc1nccs1. The maximum atomic E-state index is 12.1. The van der Waals surface area contributed by atoms with Crippen molar-refractivity contribution in [1.29, 1.82) is 0 Å². The summed E-state index contributed by atoms with van der Waals surface area (Å²) < 4.78 is 12.4. The predicted molar refractivity (Wildman–Crippen MR) is 104 cm³/mol. The maximum absolute atomic E-state index is 12.1. The number of ether oxygens (including phenoxy) is 2. The molecule has 1 aromatic carbocycles. The van der Waals surface area contributed by atoms with Crippen molar-refractivity contribution in [2.24, 2.45) is 0 Å². The van der Waals surface area contributed by atoms with Gasteiger partial charge in [-0.3, -0.25) is 4.79 Å². The molecule has 0 saturated heterocycles. The maximum Gasteiger partial charge on any atom is 0.236 e. The first-order valence-corrected chi connectivity index (χ1v) is 10.1. The van der Waals surface area contributed by atoms with E-state index in [4.69, 9.17) is 9.47 Å². The molecule has 0 aliphatic carbocycles. The van der Waals surface area contributed by atoms with E-state index in [1.165, 1.54) is 23.1 Å². The molecule has 1 N–H and O–H groups in total. The first kappa shape index (κ1) is 17.0. The van der Waals surface area contributed by atoms with Crippen molar-refractivity contribution in [3.05, 3.63) is 41.9 Å². The molecule has 0 fully saturated rings. The number of thioether (sulfide) groups is 1. The highest BCUT2D eigenvalue weighted by Gasteiger charge is 2.16. The van der Waals surface area contributed by atoms with Crippen LogP contribution in [0.25, 0.3) is 16.9 Å². The van der Waals surface area contributed by atoms with Gasteiger partial charge in [0.15, 0.2) is 22.3 Å². The van der Waals surface area contributed by atoms with Gasteiger partial charge in [0.1, 0.15) is 0 Å². The second kappa shape index (κ2) is 7.09. The van der Waals surface area contributed by atoms with Gasteiger partial charge in [-0.1, -0.05) is 11.8 Å². The summed E-state index contributed by atoms with van der Waals surface area (Å²) in [5.41, 5.74) is 2.23. The van der Waals surface area contributed by atoms with Gasteiger partial charge in [0, 0.05) is 17.1 Å². The predicted octanol–water partition coefficient (Wildman–Crippen LogP) is 2.71. The fourth-order valence-electron chi connectivity index (χ4n) is 2.64. The molecule has 9 nitrogen and oxygen atoms in total. The van der Waals surface area contributed by atoms with E-state index in [2.05, 4.69) is 25.6 Å². The van der Waals surface area contributed by atoms with Gasteiger partial charge >= 0.3 is 0 Å². The Kier molecular flexibility index (Phi) is 4.29. The summed E-state index contributed by atoms with van der Waals surface area (Å²) >= 11 is 2.63. The number of hydrogen-bond acceptors (Lipinski definition) is 9. The normalized spacial score (nSPS) is 12.4. The van der Waals surface area contributed by atoms with E-state index < -0.39 is 0 Å². The number of thiazole rings is 1. The quantitative estimate of drug-likeness (QED) is 0.499. The molecule has 3 aromatic heterocycles. The number of nitrogens with zero attached hydrogens (tertiary/aromatic N) is 5. The Labute approximate surface area is 166 Å². The van der Waals surface area contributed by atoms with Gasteiger partial charge in [0.25, 0.3) is 0 Å². The van der Waals surface area contributed by atoms with Crippen LogP contribution in [0.1, 0.15) is 0 Å². The lowest BCUT2D eigenvalue weighted by atomic mass is 10.1. The highest BCUT2D eigenvalue weighted by atomic mass is 32.2. The topological polar surface area (TPSA) is 104 Å². The summed E-state index contributed by atoms with van der Waals surface area (Å²) in [5.74, 6) is 1.42. The van der Waals surface area contributed by atoms with E-state index in [1.807, 2.05) is 30.3 Å². The number of fused-ring (bicyclic) bond motifs is 2. The smallest absolute Gasteiger partial charge is 0.236 e. The lowest BCUT2D eigenvalue weighted by Crippen LogP contribution is -2.14. The number of hydrogen-bond donors (Lipinski definition) is 1. The Hall–Kier alpha value is -3.18. The van der Waals surface area contributed by atoms with Crippen molar-refractivity contribution >= 4 is 39.8 Å². The number of rotatable bonds is 5. The van der Waals surface area contributed by atoms with Gasteiger partial charge in [0.2, 0.25) is 17.9 Å². The number of nitrogens with one attached hydrogen (secondary N) is 1. The second-order valence-corrected chi connectivity index (χ2v) is 7.55. The lowest BCUT2D eigenvalue weighted by molar-refractivity contribution is -0.113. The first-order chi connectivity index (χ1) is 13.8. The molecule has 1 aliphatic rings. The number of anilines is 1. The molecule has 4 heterocycles. The molecule has 0 atom stereocenters. The summed E-state index contributed by atoms with van der Waals surface area (Å²) in [5, 5.41) is 18.5. The summed E-state index contributed by atoms with van der Waals surface area (Å²) in [6, 6.07) is 9.36. The Morgan fingerprint density at radius 3 is 3.04 bits per heavy atom. The first-order valence-electron chi connectivity index (χ1n) is 8.21. The molecule has 5 rings (SSSR count). The molecule has 28 heavy (non-hydrogen) atoms. The van der Waals surface area contributed by atoms with E-state index in [1.54, 1.807) is 16.1 Å². The summed E-state index contributed by atoms with van der Waals surface area (Å²) in [6.07, 6.45) is 1.64. The van der Waals surface area contributed by atoms with Crippen LogP contribution in [-0.4, -0.2) is 43.2 Å². The van der Waals surface area contributed by atoms with Gasteiger partial charge in [-0.2, -0.15) is 9.61 Å². The van der Waals surface area contributed by atoms with Crippen molar-refractivity contribution in [3.8, 4) is 22.8 Å². The highest BCUT2D eigenvalue weighted by Crippen LogP contribution is 2.35. The van der Waals surface area contributed by atoms with E-state index in [9.17, 15) is 4.79 Å². The van der Waals surface area contributed by atoms with Crippen molar-refractivity contribution in [1.82, 2.24) is 24.8 Å². The molecule has 140 valence electrons. The molecule has 0 saturated carbocycles. The average Bonchev–Trinajstić information content (AvgIpc) is 3.46. The second-order valence-electron chi connectivity index (χ2n) is 5.71. The van der Waals surface area contributed by atoms with Gasteiger partial charge in [-0.05, 0) is 30.3 Å². The van der Waals surface area contributed by atoms with Crippen LogP contribution in [0.2, 0.25) is 0 Å². The van der Waals surface area contributed by atoms with Gasteiger partial charge in [-0.15, -0.1) is 21.5 Å². The number of carbonyl (C=O) groups is 1. The fraction of sp³-hybridized carbons (Fsp3) is 0.118. The van der Waals surface area contributed by atoms with Crippen LogP contribution >= 0.6 is 23.1 Å². The lowest BCUT2D eigenvalue weighted by Gasteiger charge is -2.04. The van der Waals surface area contributed by atoms with Crippen molar-refractivity contribution in [2.45, 2.75) is 5.16 Å². The monoisotopic (exact) mass is 412 g/mol. The molecule has 1 aliphatic heterocycles. The Balaban J connectivity index is 1.37. The zero-order valence-electron chi connectivity index (χ0n) is 14.2. The molecular weight excluding hydrogens is 400 g/mol. The minimum atomic E-state index is -0.163. The van der Waals surface area contributed by atoms with Gasteiger partial charge in [-0.25, -0.2) is 4.98 Å². The van der Waals surface area contributed by atoms with Crippen LogP contribution in [0.5, 0.6) is 11.5 Å². The zero-order valence-corrected chi connectivity index (χ0v) is 15.9. The average molecular weight is 412 g/mol. The van der Waals surface area contributed by atoms with Gasteiger partial charge < -0.3 is 14.8 Å². The standard InChI is InChI=1S/C17H12N6O3S2/c24-15(19-16-18-5-6-27-16)8-28-17-21-20-14-4-2-11(22-23(14)17)10-1-3-12-13(7-10)26-9-25-12/h1-7H,8-9H2,(H,18,19,24). The molecule has 0 spiro atoms. The van der Waals surface area contributed by atoms with Crippen LogP contribution in [0.15, 0.2) is 47.1 Å². The minimum Gasteiger partial charge on any atom is -0.454 e. The third kappa shape index (κ3) is 3.25. The Bertz CT molecular complexity index is 1160. The van der Waals surface area contributed by atoms with Crippen LogP contribution in [-0.2, 0) is 4.79 Å². The zero-order chi connectivity index (χ0) is 18.9. The summed E-state index contributed by atoms with van der Waals surface area (Å²) in [4.78, 5) is 16.1. The Morgan fingerprint density at radius 1 is 1.21 bits per heavy atom. The van der Waals surface area contributed by atoms with Crippen LogP contribution in [0.3, 0.4) is 0 Å². The summed E-state index contributed by atoms with van der Waals surface area (Å²) in [7, 11) is 0. The third-order valence-corrected chi connectivity index (χ3v) is 5.52. The highest BCUT2D eigenvalue weighted by molar-refractivity contribution is 7.99. The number of carbonyl (C=O) groups excluding carboxylic acids is 1. The molecule has 0 radical (unpaired) electrons. The Morgan fingerprint density at radius 2 is 2.14 bits per heavy atom. The number of amides is 1. The van der Waals surface area contributed by atoms with Crippen molar-refractivity contribution in [3.63, 3.8) is 0 Å². The molecular formula is C17H12N6O3S2. The largest absolute Gasteiger partial charge is 0.454 e. The van der Waals surface area contributed by atoms with Crippen molar-refractivity contribution in [2.75, 3.05) is 17.9 Å². The fourth-order valence-corrected chi connectivity index (χ4v) is 3.87. The van der Waals surface area contributed by atoms with E-state index >= 15 is 0 Å². The number of aromatic nitrogens is 5. The van der Waals surface area contributed by atoms with E-state index in [0.29, 0.717) is 21.7 Å². The minimum absolute atomic E-state index is 0.163. The van der Waals surface area contributed by atoms with Crippen LogP contribution in [0.4, 0.5) is 5.13 Å². The molecule has 11 heteroatoms. The van der Waals surface area contributed by atoms with Gasteiger partial charge in [0.05, 0.1) is 11.4 Å².